The van der Waals surface area contributed by atoms with Crippen LogP contribution in [0.15, 0.2) is 35.1 Å². The number of benzene rings is 1. The topological polar surface area (TPSA) is 158 Å². The first-order valence-electron chi connectivity index (χ1n) is 8.40. The predicted octanol–water partition coefficient (Wildman–Crippen LogP) is 1.92. The monoisotopic (exact) mass is 391 g/mol. The molecule has 3 heterocycles. The highest BCUT2D eigenvalue weighted by Crippen LogP contribution is 2.30. The number of hydrogen-bond donors (Lipinski definition) is 2. The second-order valence-electron chi connectivity index (χ2n) is 6.11. The maximum Gasteiger partial charge on any atom is 0.246 e. The van der Waals surface area contributed by atoms with Crippen molar-refractivity contribution in [3.63, 3.8) is 0 Å². The molecule has 3 aromatic heterocycles. The second kappa shape index (κ2) is 7.01. The van der Waals surface area contributed by atoms with Gasteiger partial charge >= 0.3 is 0 Å². The van der Waals surface area contributed by atoms with E-state index in [1.807, 2.05) is 17.6 Å². The summed E-state index contributed by atoms with van der Waals surface area (Å²) in [4.78, 5) is 16.2. The predicted molar refractivity (Wildman–Crippen MR) is 100 cm³/mol. The molecule has 0 atom stereocenters. The van der Waals surface area contributed by atoms with E-state index in [2.05, 4.69) is 25.1 Å². The van der Waals surface area contributed by atoms with E-state index in [0.717, 1.165) is 5.82 Å². The molecule has 0 aliphatic rings. The molecule has 0 aliphatic heterocycles. The molecule has 0 unspecified atom stereocenters. The third-order valence-electron chi connectivity index (χ3n) is 4.24. The molecule has 4 N–H and O–H groups in total. The highest BCUT2D eigenvalue weighted by Gasteiger charge is 2.18. The Balaban J connectivity index is 1.74. The molecule has 0 amide bonds. The molecule has 0 radical (unpaired) electrons. The quantitative estimate of drug-likeness (QED) is 0.530. The van der Waals surface area contributed by atoms with Crippen LogP contribution in [-0.4, -0.2) is 29.7 Å². The zero-order chi connectivity index (χ0) is 20.5. The van der Waals surface area contributed by atoms with Crippen LogP contribution in [0.5, 0.6) is 0 Å². The van der Waals surface area contributed by atoms with E-state index in [0.29, 0.717) is 18.0 Å². The molecule has 0 spiro atoms. The van der Waals surface area contributed by atoms with E-state index in [1.54, 1.807) is 12.4 Å². The smallest absolute Gasteiger partial charge is 0.246 e. The largest absolute Gasteiger partial charge is 0.382 e. The van der Waals surface area contributed by atoms with Gasteiger partial charge in [-0.3, -0.25) is 0 Å². The molecule has 0 bridgehead atoms. The fourth-order valence-corrected chi connectivity index (χ4v) is 2.80. The first-order chi connectivity index (χ1) is 14.0. The van der Waals surface area contributed by atoms with Crippen molar-refractivity contribution in [2.24, 2.45) is 0 Å². The number of nitriles is 1. The minimum Gasteiger partial charge on any atom is -0.382 e. The summed E-state index contributed by atoms with van der Waals surface area (Å²) < 4.78 is 21.5. The maximum atomic E-state index is 14.5. The van der Waals surface area contributed by atoms with Crippen LogP contribution in [0.1, 0.15) is 17.3 Å². The van der Waals surface area contributed by atoms with E-state index in [-0.39, 0.29) is 34.4 Å². The highest BCUT2D eigenvalue weighted by molar-refractivity contribution is 5.76. The van der Waals surface area contributed by atoms with Crippen LogP contribution in [0.25, 0.3) is 22.6 Å². The second-order valence-corrected chi connectivity index (χ2v) is 6.11. The number of hydrogen-bond acceptors (Lipinski definition) is 9. The normalized spacial score (nSPS) is 10.8. The van der Waals surface area contributed by atoms with Crippen LogP contribution in [0.3, 0.4) is 0 Å². The summed E-state index contributed by atoms with van der Waals surface area (Å²) in [5.41, 5.74) is 12.1. The van der Waals surface area contributed by atoms with Crippen LogP contribution in [0.2, 0.25) is 0 Å². The average molecular weight is 391 g/mol. The first kappa shape index (κ1) is 18.1. The molecule has 29 heavy (non-hydrogen) atoms. The van der Waals surface area contributed by atoms with E-state index in [4.69, 9.17) is 16.0 Å². The number of rotatable bonds is 4. The summed E-state index contributed by atoms with van der Waals surface area (Å²) in [5.74, 6) is 0.414. The number of nitrogens with zero attached hydrogens (tertiary/aromatic N) is 7. The number of nitrogens with two attached hydrogens (primary N) is 2. The van der Waals surface area contributed by atoms with E-state index < -0.39 is 5.82 Å². The van der Waals surface area contributed by atoms with Gasteiger partial charge in [-0.15, -0.1) is 0 Å². The molecule has 10 nitrogen and oxygen atoms in total. The zero-order valence-electron chi connectivity index (χ0n) is 15.2. The summed E-state index contributed by atoms with van der Waals surface area (Å²) in [6, 6.07) is 6.07. The van der Waals surface area contributed by atoms with Crippen molar-refractivity contribution in [2.45, 2.75) is 13.5 Å². The SMILES string of the molecule is Cc1nccn1Cc1nc(-c2cc(-c3nc(N)nc(N)c3C#N)ccc2F)no1. The van der Waals surface area contributed by atoms with Gasteiger partial charge in [-0.1, -0.05) is 5.16 Å². The van der Waals surface area contributed by atoms with Crippen molar-refractivity contribution < 1.29 is 8.91 Å². The van der Waals surface area contributed by atoms with Gasteiger partial charge in [-0.05, 0) is 25.1 Å². The van der Waals surface area contributed by atoms with Gasteiger partial charge in [0.1, 0.15) is 35.6 Å². The highest BCUT2D eigenvalue weighted by atomic mass is 19.1. The van der Waals surface area contributed by atoms with Gasteiger partial charge in [0.15, 0.2) is 0 Å². The fourth-order valence-electron chi connectivity index (χ4n) is 2.80. The number of halogens is 1. The fraction of sp³-hybridized carbons (Fsp3) is 0.111. The summed E-state index contributed by atoms with van der Waals surface area (Å²) in [6.07, 6.45) is 3.43. The lowest BCUT2D eigenvalue weighted by molar-refractivity contribution is 0.370. The lowest BCUT2D eigenvalue weighted by Crippen LogP contribution is -2.05. The molecular formula is C18H14FN9O. The molecule has 0 aliphatic carbocycles. The first-order valence-corrected chi connectivity index (χ1v) is 8.40. The number of imidazole rings is 1. The lowest BCUT2D eigenvalue weighted by Gasteiger charge is -2.08. The van der Waals surface area contributed by atoms with Crippen LogP contribution in [-0.2, 0) is 6.54 Å². The van der Waals surface area contributed by atoms with Gasteiger partial charge in [-0.2, -0.15) is 15.2 Å². The Hall–Kier alpha value is -4.33. The third kappa shape index (κ3) is 3.34. The summed E-state index contributed by atoms with van der Waals surface area (Å²) in [5, 5.41) is 13.2. The molecule has 11 heteroatoms. The summed E-state index contributed by atoms with van der Waals surface area (Å²) in [6.45, 7) is 2.14. The average Bonchev–Trinajstić information content (AvgIpc) is 3.31. The van der Waals surface area contributed by atoms with Crippen molar-refractivity contribution in [2.75, 3.05) is 11.5 Å². The van der Waals surface area contributed by atoms with Crippen molar-refractivity contribution in [1.29, 1.82) is 5.26 Å². The Morgan fingerprint density at radius 3 is 2.79 bits per heavy atom. The van der Waals surface area contributed by atoms with Gasteiger partial charge < -0.3 is 20.6 Å². The van der Waals surface area contributed by atoms with Gasteiger partial charge in [0, 0.05) is 18.0 Å². The van der Waals surface area contributed by atoms with E-state index in [1.165, 1.54) is 18.2 Å². The molecule has 1 aromatic carbocycles. The summed E-state index contributed by atoms with van der Waals surface area (Å²) in [7, 11) is 0. The molecule has 0 saturated heterocycles. The zero-order valence-corrected chi connectivity index (χ0v) is 15.2. The number of nitrogen functional groups attached to an aromatic ring is 2. The molecule has 0 fully saturated rings. The van der Waals surface area contributed by atoms with Crippen molar-refractivity contribution in [3.05, 3.63) is 53.7 Å². The molecular weight excluding hydrogens is 377 g/mol. The van der Waals surface area contributed by atoms with Gasteiger partial charge in [0.2, 0.25) is 17.7 Å². The Bertz CT molecular complexity index is 1250. The maximum absolute atomic E-state index is 14.5. The standard InChI is InChI=1S/C18H14FN9O/c1-9-23-4-5-28(9)8-14-24-17(27-29-14)11-6-10(2-3-13(11)19)15-12(7-20)16(21)26-18(22)25-15/h2-6H,8H2,1H3,(H4,21,22,25,26). The van der Waals surface area contributed by atoms with Crippen molar-refractivity contribution >= 4 is 11.8 Å². The Morgan fingerprint density at radius 1 is 1.24 bits per heavy atom. The Morgan fingerprint density at radius 2 is 2.07 bits per heavy atom. The van der Waals surface area contributed by atoms with Crippen LogP contribution < -0.4 is 11.5 Å². The number of aromatic nitrogens is 6. The van der Waals surface area contributed by atoms with Crippen LogP contribution >= 0.6 is 0 Å². The lowest BCUT2D eigenvalue weighted by atomic mass is 10.0. The summed E-state index contributed by atoms with van der Waals surface area (Å²) >= 11 is 0. The Labute approximate surface area is 163 Å². The van der Waals surface area contributed by atoms with Crippen LogP contribution in [0, 0.1) is 24.1 Å². The minimum atomic E-state index is -0.562. The van der Waals surface area contributed by atoms with Gasteiger partial charge in [0.05, 0.1) is 11.3 Å². The van der Waals surface area contributed by atoms with E-state index in [9.17, 15) is 9.65 Å². The minimum absolute atomic E-state index is 0.0427. The number of aryl methyl sites for hydroxylation is 1. The molecule has 4 aromatic rings. The van der Waals surface area contributed by atoms with Crippen LogP contribution in [0.4, 0.5) is 16.2 Å². The van der Waals surface area contributed by atoms with E-state index >= 15 is 0 Å². The molecule has 144 valence electrons. The molecule has 0 saturated carbocycles. The Kier molecular flexibility index (Phi) is 4.36. The third-order valence-corrected chi connectivity index (χ3v) is 4.24. The van der Waals surface area contributed by atoms with Crippen molar-refractivity contribution in [3.8, 4) is 28.7 Å². The van der Waals surface area contributed by atoms with Gasteiger partial charge in [-0.25, -0.2) is 14.4 Å². The van der Waals surface area contributed by atoms with Crippen molar-refractivity contribution in [1.82, 2.24) is 29.7 Å². The molecule has 4 rings (SSSR count). The number of anilines is 2. The van der Waals surface area contributed by atoms with Gasteiger partial charge in [0.25, 0.3) is 0 Å².